The van der Waals surface area contributed by atoms with Gasteiger partial charge in [-0.2, -0.15) is 0 Å². The topological polar surface area (TPSA) is 60.4 Å². The second-order valence-corrected chi connectivity index (χ2v) is 3.24. The molecule has 13 heavy (non-hydrogen) atoms. The molecule has 0 radical (unpaired) electrons. The molecular weight excluding hydrogens is 170 g/mol. The summed E-state index contributed by atoms with van der Waals surface area (Å²) in [6, 6.07) is 0. The van der Waals surface area contributed by atoms with Gasteiger partial charge in [-0.15, -0.1) is 0 Å². The third-order valence-electron chi connectivity index (χ3n) is 2.29. The van der Waals surface area contributed by atoms with Crippen molar-refractivity contribution in [2.75, 3.05) is 26.7 Å². The summed E-state index contributed by atoms with van der Waals surface area (Å²) >= 11 is 0. The molecule has 0 spiro atoms. The van der Waals surface area contributed by atoms with Gasteiger partial charge in [0.05, 0.1) is 26.7 Å². The number of quaternary nitrogens is 1. The van der Waals surface area contributed by atoms with Gasteiger partial charge in [-0.25, -0.2) is 0 Å². The molecule has 0 amide bonds. The van der Waals surface area contributed by atoms with Crippen molar-refractivity contribution in [3.05, 3.63) is 0 Å². The maximum atomic E-state index is 8.44. The Labute approximate surface area is 80.4 Å². The fraction of sp³-hybridized carbons (Fsp3) is 0.889. The molecular formula is C9H21NO3. The summed E-state index contributed by atoms with van der Waals surface area (Å²) in [4.78, 5) is 8.44. The molecule has 0 aromatic carbocycles. The van der Waals surface area contributed by atoms with Gasteiger partial charge >= 0.3 is 0 Å². The van der Waals surface area contributed by atoms with Crippen molar-refractivity contribution in [3.8, 4) is 0 Å². The highest BCUT2D eigenvalue weighted by Crippen LogP contribution is 2.01. The summed E-state index contributed by atoms with van der Waals surface area (Å²) in [5.74, 6) is 0. The minimum atomic E-state index is -2.08. The van der Waals surface area contributed by atoms with Gasteiger partial charge in [0.25, 0.3) is 0 Å². The Bertz CT molecular complexity index is 129. The Morgan fingerprint density at radius 2 is 1.62 bits per heavy atom. The number of nitrogens with zero attached hydrogens (tertiary/aromatic N) is 1. The first-order chi connectivity index (χ1) is 5.91. The highest BCUT2D eigenvalue weighted by Gasteiger charge is 2.13. The van der Waals surface area contributed by atoms with E-state index in [2.05, 4.69) is 27.8 Å². The molecule has 0 aliphatic carbocycles. The van der Waals surface area contributed by atoms with E-state index in [0.29, 0.717) is 0 Å². The van der Waals surface area contributed by atoms with Crippen molar-refractivity contribution in [2.24, 2.45) is 0 Å². The molecule has 0 aromatic rings. The molecule has 4 nitrogen and oxygen atoms in total. The summed E-state index contributed by atoms with van der Waals surface area (Å²) in [5.41, 5.74) is 0. The lowest BCUT2D eigenvalue weighted by Gasteiger charge is -2.31. The van der Waals surface area contributed by atoms with Crippen molar-refractivity contribution < 1.29 is 19.5 Å². The van der Waals surface area contributed by atoms with Crippen LogP contribution in [-0.4, -0.2) is 42.4 Å². The first kappa shape index (κ1) is 14.7. The smallest absolute Gasteiger partial charge is 0.249 e. The number of rotatable bonds is 4. The Morgan fingerprint density at radius 1 is 1.31 bits per heavy atom. The average molecular weight is 191 g/mol. The molecule has 0 bridgehead atoms. The highest BCUT2D eigenvalue weighted by molar-refractivity contribution is 5.50. The van der Waals surface area contributed by atoms with Crippen LogP contribution in [0, 0.1) is 0 Å². The lowest BCUT2D eigenvalue weighted by molar-refractivity contribution is -0.906. The summed E-state index contributed by atoms with van der Waals surface area (Å²) in [6.45, 7) is 10.6. The van der Waals surface area contributed by atoms with Gasteiger partial charge in [0.1, 0.15) is 0 Å². The number of carboxylic acid groups (broad SMARTS) is 2. The molecule has 0 atom stereocenters. The molecule has 4 heteroatoms. The first-order valence-corrected chi connectivity index (χ1v) is 4.65. The van der Waals surface area contributed by atoms with Crippen LogP contribution in [0.25, 0.3) is 0 Å². The Balaban J connectivity index is 0. The minimum Gasteiger partial charge on any atom is -0.565 e. The van der Waals surface area contributed by atoms with E-state index in [4.69, 9.17) is 15.0 Å². The normalized spacial score (nSPS) is 10.2. The predicted octanol–water partition coefficient (Wildman–Crippen LogP) is 0.770. The van der Waals surface area contributed by atoms with Crippen molar-refractivity contribution in [1.82, 2.24) is 0 Å². The fourth-order valence-electron chi connectivity index (χ4n) is 1.08. The number of hydrogen-bond acceptors (Lipinski definition) is 2. The standard InChI is InChI=1S/C8H20N.CH2O3/c1-5-8-9(4,6-2)7-3;2-1(3)4/h5-8H2,1-4H3;(H2,2,3,4)/q+1;/p-1. The Morgan fingerprint density at radius 3 is 1.69 bits per heavy atom. The molecule has 0 aromatic heterocycles. The molecule has 80 valence electrons. The molecule has 0 fully saturated rings. The number of carbonyl (C=O) groups is 1. The summed E-state index contributed by atoms with van der Waals surface area (Å²) < 4.78 is 1.23. The molecule has 0 rings (SSSR count). The summed E-state index contributed by atoms with van der Waals surface area (Å²) in [7, 11) is 2.32. The minimum absolute atomic E-state index is 1.23. The summed E-state index contributed by atoms with van der Waals surface area (Å²) in [6.07, 6.45) is -0.780. The molecule has 1 N–H and O–H groups in total. The first-order valence-electron chi connectivity index (χ1n) is 4.65. The Kier molecular flexibility index (Phi) is 8.91. The molecule has 0 aliphatic heterocycles. The predicted molar refractivity (Wildman–Crippen MR) is 50.4 cm³/mol. The van der Waals surface area contributed by atoms with Crippen LogP contribution in [-0.2, 0) is 0 Å². The van der Waals surface area contributed by atoms with Gasteiger partial charge in [-0.05, 0) is 20.3 Å². The Hall–Kier alpha value is -0.770. The van der Waals surface area contributed by atoms with Crippen LogP contribution in [0.4, 0.5) is 4.79 Å². The molecule has 0 saturated carbocycles. The van der Waals surface area contributed by atoms with Crippen LogP contribution in [0.5, 0.6) is 0 Å². The molecule has 0 heterocycles. The van der Waals surface area contributed by atoms with E-state index >= 15 is 0 Å². The monoisotopic (exact) mass is 191 g/mol. The largest absolute Gasteiger partial charge is 0.565 e. The van der Waals surface area contributed by atoms with Gasteiger partial charge in [0.2, 0.25) is 6.16 Å². The summed E-state index contributed by atoms with van der Waals surface area (Å²) in [5, 5.41) is 15.3. The lowest BCUT2D eigenvalue weighted by Crippen LogP contribution is -2.43. The van der Waals surface area contributed by atoms with Crippen LogP contribution >= 0.6 is 0 Å². The van der Waals surface area contributed by atoms with Gasteiger partial charge in [-0.3, -0.25) is 0 Å². The van der Waals surface area contributed by atoms with Crippen LogP contribution < -0.4 is 5.11 Å². The highest BCUT2D eigenvalue weighted by atomic mass is 16.6. The zero-order chi connectivity index (χ0) is 10.9. The van der Waals surface area contributed by atoms with Crippen LogP contribution in [0.2, 0.25) is 0 Å². The third kappa shape index (κ3) is 11.2. The van der Waals surface area contributed by atoms with Crippen molar-refractivity contribution in [3.63, 3.8) is 0 Å². The quantitative estimate of drug-likeness (QED) is 0.668. The maximum absolute atomic E-state index is 8.44. The molecule has 0 aliphatic rings. The zero-order valence-corrected chi connectivity index (χ0v) is 9.04. The van der Waals surface area contributed by atoms with Crippen LogP contribution in [0.15, 0.2) is 0 Å². The molecule has 0 unspecified atom stereocenters. The van der Waals surface area contributed by atoms with Gasteiger partial charge < -0.3 is 19.5 Å². The zero-order valence-electron chi connectivity index (χ0n) is 9.04. The van der Waals surface area contributed by atoms with Gasteiger partial charge in [0, 0.05) is 0 Å². The van der Waals surface area contributed by atoms with E-state index < -0.39 is 6.16 Å². The average Bonchev–Trinajstić information content (AvgIpc) is 2.04. The maximum Gasteiger partial charge on any atom is 0.249 e. The number of hydrogen-bond donors (Lipinski definition) is 1. The molecule has 0 saturated heterocycles. The van der Waals surface area contributed by atoms with Crippen LogP contribution in [0.3, 0.4) is 0 Å². The second-order valence-electron chi connectivity index (χ2n) is 3.24. The second kappa shape index (κ2) is 7.86. The van der Waals surface area contributed by atoms with E-state index in [1.807, 2.05) is 0 Å². The lowest BCUT2D eigenvalue weighted by atomic mass is 10.3. The van der Waals surface area contributed by atoms with Crippen molar-refractivity contribution in [2.45, 2.75) is 27.2 Å². The fourth-order valence-corrected chi connectivity index (χ4v) is 1.08. The van der Waals surface area contributed by atoms with Crippen LogP contribution in [0.1, 0.15) is 27.2 Å². The van der Waals surface area contributed by atoms with E-state index in [0.717, 1.165) is 0 Å². The third-order valence-corrected chi connectivity index (χ3v) is 2.29. The SMILES string of the molecule is CCC[N+](C)(CC)CC.O=C([O-])O. The van der Waals surface area contributed by atoms with Gasteiger partial charge in [-0.1, -0.05) is 6.92 Å². The van der Waals surface area contributed by atoms with E-state index in [9.17, 15) is 0 Å². The van der Waals surface area contributed by atoms with E-state index in [-0.39, 0.29) is 0 Å². The van der Waals surface area contributed by atoms with Crippen molar-refractivity contribution >= 4 is 6.16 Å². The van der Waals surface area contributed by atoms with E-state index in [1.54, 1.807) is 0 Å². The van der Waals surface area contributed by atoms with E-state index in [1.165, 1.54) is 30.5 Å². The van der Waals surface area contributed by atoms with Crippen molar-refractivity contribution in [1.29, 1.82) is 0 Å². The van der Waals surface area contributed by atoms with Gasteiger partial charge in [0.15, 0.2) is 0 Å².